The van der Waals surface area contributed by atoms with Crippen molar-refractivity contribution in [1.29, 1.82) is 0 Å². The first kappa shape index (κ1) is 14.1. The molecule has 0 aromatic carbocycles. The van der Waals surface area contributed by atoms with Crippen LogP contribution in [0.25, 0.3) is 0 Å². The van der Waals surface area contributed by atoms with Gasteiger partial charge in [0.25, 0.3) is 0 Å². The summed E-state index contributed by atoms with van der Waals surface area (Å²) in [7, 11) is 4.10. The Hall–Kier alpha value is -1.27. The fourth-order valence-electron chi connectivity index (χ4n) is 3.70. The van der Waals surface area contributed by atoms with Crippen molar-refractivity contribution in [3.8, 4) is 0 Å². The third-order valence-corrected chi connectivity index (χ3v) is 4.33. The lowest BCUT2D eigenvalue weighted by Gasteiger charge is -2.55. The Balaban J connectivity index is 2.59. The van der Waals surface area contributed by atoms with Crippen LogP contribution in [-0.4, -0.2) is 44.7 Å². The Morgan fingerprint density at radius 1 is 1.05 bits per heavy atom. The average Bonchev–Trinajstić information content (AvgIpc) is 2.36. The van der Waals surface area contributed by atoms with Crippen LogP contribution in [0.2, 0.25) is 0 Å². The smallest absolute Gasteiger partial charge is 0.318 e. The summed E-state index contributed by atoms with van der Waals surface area (Å²) in [5, 5.41) is 0. The molecule has 106 valence electrons. The normalized spacial score (nSPS) is 33.1. The Labute approximate surface area is 111 Å². The average molecular weight is 270 g/mol. The van der Waals surface area contributed by atoms with Crippen LogP contribution >= 0.6 is 0 Å². The number of hydrogen-bond acceptors (Lipinski definition) is 6. The van der Waals surface area contributed by atoms with E-state index in [0.29, 0.717) is 0 Å². The summed E-state index contributed by atoms with van der Waals surface area (Å²) in [6.07, 6.45) is 0.214. The standard InChI is InChI=1S/C13H18O6/c1-17-11(16)12-6-9(14)4-8(5-10(15)7-12)13(12,18-2)19-3/h8H,4-7H2,1-3H3. The van der Waals surface area contributed by atoms with Gasteiger partial charge in [-0.25, -0.2) is 0 Å². The van der Waals surface area contributed by atoms with Crippen molar-refractivity contribution in [2.24, 2.45) is 11.3 Å². The maximum atomic E-state index is 12.2. The maximum absolute atomic E-state index is 12.2. The Morgan fingerprint density at radius 3 is 1.89 bits per heavy atom. The van der Waals surface area contributed by atoms with Gasteiger partial charge in [-0.15, -0.1) is 0 Å². The highest BCUT2D eigenvalue weighted by atomic mass is 16.7. The number of carbonyl (C=O) groups is 3. The lowest BCUT2D eigenvalue weighted by Crippen LogP contribution is -2.67. The van der Waals surface area contributed by atoms with Gasteiger partial charge in [0.2, 0.25) is 0 Å². The van der Waals surface area contributed by atoms with Crippen LogP contribution in [0.4, 0.5) is 0 Å². The molecular weight excluding hydrogens is 252 g/mol. The van der Waals surface area contributed by atoms with Crippen molar-refractivity contribution in [1.82, 2.24) is 0 Å². The first-order valence-electron chi connectivity index (χ1n) is 6.18. The summed E-state index contributed by atoms with van der Waals surface area (Å²) < 4.78 is 15.8. The number of Topliss-reactive ketones (excluding diaryl/α,β-unsaturated/α-hetero) is 2. The molecule has 2 fully saturated rings. The number of carbonyl (C=O) groups excluding carboxylic acids is 3. The fourth-order valence-corrected chi connectivity index (χ4v) is 3.70. The zero-order valence-corrected chi connectivity index (χ0v) is 11.4. The van der Waals surface area contributed by atoms with Gasteiger partial charge in [0.1, 0.15) is 17.0 Å². The van der Waals surface area contributed by atoms with E-state index < -0.39 is 23.1 Å². The van der Waals surface area contributed by atoms with E-state index >= 15 is 0 Å². The minimum Gasteiger partial charge on any atom is -0.468 e. The topological polar surface area (TPSA) is 78.9 Å². The van der Waals surface area contributed by atoms with E-state index in [1.807, 2.05) is 0 Å². The highest BCUT2D eigenvalue weighted by Gasteiger charge is 2.69. The number of ether oxygens (including phenoxy) is 3. The van der Waals surface area contributed by atoms with Gasteiger partial charge >= 0.3 is 5.97 Å². The number of fused-ring (bicyclic) bond motifs is 2. The molecule has 6 heteroatoms. The predicted octanol–water partition coefficient (Wildman–Crippen LogP) is 0.477. The van der Waals surface area contributed by atoms with Gasteiger partial charge in [-0.3, -0.25) is 14.4 Å². The highest BCUT2D eigenvalue weighted by molar-refractivity contribution is 5.96. The second kappa shape index (κ2) is 4.68. The van der Waals surface area contributed by atoms with E-state index in [9.17, 15) is 14.4 Å². The summed E-state index contributed by atoms with van der Waals surface area (Å²) in [6, 6.07) is 0. The van der Waals surface area contributed by atoms with E-state index in [1.165, 1.54) is 21.3 Å². The Kier molecular flexibility index (Phi) is 3.49. The predicted molar refractivity (Wildman–Crippen MR) is 63.2 cm³/mol. The second-order valence-corrected chi connectivity index (χ2v) is 5.19. The maximum Gasteiger partial charge on any atom is 0.318 e. The lowest BCUT2D eigenvalue weighted by atomic mass is 9.56. The summed E-state index contributed by atoms with van der Waals surface area (Å²) in [6.45, 7) is 0. The van der Waals surface area contributed by atoms with Gasteiger partial charge < -0.3 is 14.2 Å². The molecular formula is C13H18O6. The molecule has 0 aromatic heterocycles. The third-order valence-electron chi connectivity index (χ3n) is 4.33. The van der Waals surface area contributed by atoms with Gasteiger partial charge in [-0.1, -0.05) is 0 Å². The largest absolute Gasteiger partial charge is 0.468 e. The quantitative estimate of drug-likeness (QED) is 0.548. The van der Waals surface area contributed by atoms with Crippen molar-refractivity contribution in [2.45, 2.75) is 31.5 Å². The van der Waals surface area contributed by atoms with Crippen LogP contribution in [0.15, 0.2) is 0 Å². The summed E-state index contributed by atoms with van der Waals surface area (Å²) >= 11 is 0. The van der Waals surface area contributed by atoms with Gasteiger partial charge in [-0.2, -0.15) is 0 Å². The monoisotopic (exact) mass is 270 g/mol. The molecule has 2 aliphatic carbocycles. The SMILES string of the molecule is COC(=O)C12CC(=O)CC(CC(=O)C1)C2(OC)OC. The summed E-state index contributed by atoms with van der Waals surface area (Å²) in [5.41, 5.74) is -1.36. The molecule has 2 rings (SSSR count). The van der Waals surface area contributed by atoms with Crippen LogP contribution in [0.5, 0.6) is 0 Å². The van der Waals surface area contributed by atoms with E-state index in [-0.39, 0.29) is 37.2 Å². The van der Waals surface area contributed by atoms with Crippen molar-refractivity contribution in [3.63, 3.8) is 0 Å². The lowest BCUT2D eigenvalue weighted by molar-refractivity contribution is -0.316. The zero-order chi connectivity index (χ0) is 14.3. The molecule has 0 aromatic rings. The molecule has 0 unspecified atom stereocenters. The summed E-state index contributed by atoms with van der Waals surface area (Å²) in [4.78, 5) is 36.0. The highest BCUT2D eigenvalue weighted by Crippen LogP contribution is 2.56. The molecule has 0 amide bonds. The Morgan fingerprint density at radius 2 is 1.53 bits per heavy atom. The van der Waals surface area contributed by atoms with E-state index in [0.717, 1.165) is 0 Å². The van der Waals surface area contributed by atoms with Gasteiger partial charge in [-0.05, 0) is 0 Å². The molecule has 2 bridgehead atoms. The number of hydrogen-bond donors (Lipinski definition) is 0. The van der Waals surface area contributed by atoms with Crippen LogP contribution in [-0.2, 0) is 28.6 Å². The zero-order valence-electron chi connectivity index (χ0n) is 11.4. The molecule has 2 aliphatic rings. The molecule has 0 radical (unpaired) electrons. The van der Waals surface area contributed by atoms with Gasteiger partial charge in [0.15, 0.2) is 5.79 Å². The van der Waals surface area contributed by atoms with E-state index in [2.05, 4.69) is 0 Å². The number of methoxy groups -OCH3 is 3. The molecule has 2 saturated carbocycles. The first-order valence-corrected chi connectivity index (χ1v) is 6.18. The minimum absolute atomic E-state index is 0.0624. The van der Waals surface area contributed by atoms with Crippen molar-refractivity contribution in [2.75, 3.05) is 21.3 Å². The minimum atomic E-state index is -1.36. The number of ketones is 2. The van der Waals surface area contributed by atoms with Gasteiger partial charge in [0, 0.05) is 45.8 Å². The molecule has 6 nitrogen and oxygen atoms in total. The molecule has 19 heavy (non-hydrogen) atoms. The molecule has 0 atom stereocenters. The van der Waals surface area contributed by atoms with Crippen LogP contribution < -0.4 is 0 Å². The van der Waals surface area contributed by atoms with Crippen LogP contribution in [0, 0.1) is 11.3 Å². The van der Waals surface area contributed by atoms with Crippen LogP contribution in [0.1, 0.15) is 25.7 Å². The van der Waals surface area contributed by atoms with Crippen LogP contribution in [0.3, 0.4) is 0 Å². The van der Waals surface area contributed by atoms with Crippen molar-refractivity contribution < 1.29 is 28.6 Å². The molecule has 0 aliphatic heterocycles. The third kappa shape index (κ3) is 1.74. The van der Waals surface area contributed by atoms with Gasteiger partial charge in [0.05, 0.1) is 7.11 Å². The molecule has 0 saturated heterocycles. The molecule has 0 spiro atoms. The van der Waals surface area contributed by atoms with E-state index in [1.54, 1.807) is 0 Å². The fraction of sp³-hybridized carbons (Fsp3) is 0.769. The number of esters is 1. The number of rotatable bonds is 3. The Bertz CT molecular complexity index is 403. The summed E-state index contributed by atoms with van der Waals surface area (Å²) in [5.74, 6) is -2.45. The molecule has 0 N–H and O–H groups in total. The van der Waals surface area contributed by atoms with Crippen molar-refractivity contribution >= 4 is 17.5 Å². The van der Waals surface area contributed by atoms with Crippen molar-refractivity contribution in [3.05, 3.63) is 0 Å². The van der Waals surface area contributed by atoms with E-state index in [4.69, 9.17) is 14.2 Å². The second-order valence-electron chi connectivity index (χ2n) is 5.19. The first-order chi connectivity index (χ1) is 8.95. The molecule has 0 heterocycles.